The van der Waals surface area contributed by atoms with Crippen molar-refractivity contribution in [2.75, 3.05) is 33.7 Å². The molecule has 0 amide bonds. The Labute approximate surface area is 136 Å². The summed E-state index contributed by atoms with van der Waals surface area (Å²) in [5.41, 5.74) is -0.0228. The molecule has 2 fully saturated rings. The summed E-state index contributed by atoms with van der Waals surface area (Å²) in [6.45, 7) is 3.99. The Balaban J connectivity index is 2.01. The third-order valence-corrected chi connectivity index (χ3v) is 7.05. The summed E-state index contributed by atoms with van der Waals surface area (Å²) in [6.07, 6.45) is 9.20. The number of hydrogen-bond acceptors (Lipinski definition) is 3. The maximum absolute atomic E-state index is 12.6. The highest BCUT2D eigenvalue weighted by Gasteiger charge is 2.36. The summed E-state index contributed by atoms with van der Waals surface area (Å²) in [4.78, 5) is 2.24. The number of likely N-dealkylation sites (N-methyl/N-ethyl adjacent to an activating group) is 1. The summed E-state index contributed by atoms with van der Waals surface area (Å²) < 4.78 is 29.8. The normalized spacial score (nSPS) is 27.7. The maximum Gasteiger partial charge on any atom is 0.279 e. The lowest BCUT2D eigenvalue weighted by molar-refractivity contribution is 0.132. The van der Waals surface area contributed by atoms with E-state index in [0.29, 0.717) is 25.6 Å². The monoisotopic (exact) mass is 331 g/mol. The zero-order chi connectivity index (χ0) is 16.2. The smallest absolute Gasteiger partial charge is 0.279 e. The second-order valence-corrected chi connectivity index (χ2v) is 9.22. The van der Waals surface area contributed by atoms with E-state index < -0.39 is 10.2 Å². The fraction of sp³-hybridized carbons (Fsp3) is 1.00. The van der Waals surface area contributed by atoms with Gasteiger partial charge in [0.05, 0.1) is 0 Å². The minimum Gasteiger partial charge on any atom is -0.302 e. The summed E-state index contributed by atoms with van der Waals surface area (Å²) in [5.74, 6) is 0.464. The molecule has 2 rings (SSSR count). The van der Waals surface area contributed by atoms with Crippen molar-refractivity contribution < 1.29 is 8.42 Å². The van der Waals surface area contributed by atoms with Gasteiger partial charge in [0.15, 0.2) is 0 Å². The van der Waals surface area contributed by atoms with E-state index >= 15 is 0 Å². The van der Waals surface area contributed by atoms with Crippen LogP contribution in [0.5, 0.6) is 0 Å². The van der Waals surface area contributed by atoms with E-state index in [4.69, 9.17) is 0 Å². The Kier molecular flexibility index (Phi) is 6.28. The Morgan fingerprint density at radius 3 is 2.32 bits per heavy atom. The van der Waals surface area contributed by atoms with E-state index in [1.165, 1.54) is 25.7 Å². The van der Waals surface area contributed by atoms with E-state index in [-0.39, 0.29) is 5.54 Å². The molecule has 0 radical (unpaired) electrons. The van der Waals surface area contributed by atoms with Gasteiger partial charge in [-0.25, -0.2) is 4.72 Å². The van der Waals surface area contributed by atoms with Crippen LogP contribution in [0, 0.1) is 5.92 Å². The van der Waals surface area contributed by atoms with Crippen LogP contribution in [-0.2, 0) is 10.2 Å². The first kappa shape index (κ1) is 18.2. The van der Waals surface area contributed by atoms with Crippen molar-refractivity contribution in [2.45, 2.75) is 63.8 Å². The fourth-order valence-corrected chi connectivity index (χ4v) is 5.30. The number of rotatable bonds is 5. The lowest BCUT2D eigenvalue weighted by atomic mass is 9.89. The van der Waals surface area contributed by atoms with Crippen molar-refractivity contribution >= 4 is 10.2 Å². The van der Waals surface area contributed by atoms with Crippen LogP contribution in [-0.4, -0.2) is 56.9 Å². The lowest BCUT2D eigenvalue weighted by Gasteiger charge is -2.40. The van der Waals surface area contributed by atoms with Crippen LogP contribution in [0.2, 0.25) is 0 Å². The molecule has 0 aromatic rings. The van der Waals surface area contributed by atoms with E-state index in [0.717, 1.165) is 25.7 Å². The highest BCUT2D eigenvalue weighted by Crippen LogP contribution is 2.31. The molecule has 1 saturated carbocycles. The van der Waals surface area contributed by atoms with Gasteiger partial charge in [-0.2, -0.15) is 12.7 Å². The average Bonchev–Trinajstić information content (AvgIpc) is 2.72. The molecule has 22 heavy (non-hydrogen) atoms. The summed E-state index contributed by atoms with van der Waals surface area (Å²) in [5, 5.41) is 0. The molecule has 1 atom stereocenters. The first-order valence-electron chi connectivity index (χ1n) is 8.78. The topological polar surface area (TPSA) is 52.7 Å². The zero-order valence-electron chi connectivity index (χ0n) is 14.5. The predicted molar refractivity (Wildman–Crippen MR) is 91.0 cm³/mol. The molecular formula is C16H33N3O2S. The van der Waals surface area contributed by atoms with Crippen molar-refractivity contribution in [1.82, 2.24) is 13.9 Å². The fourth-order valence-electron chi connectivity index (χ4n) is 3.85. The highest BCUT2D eigenvalue weighted by atomic mass is 32.2. The van der Waals surface area contributed by atoms with Crippen molar-refractivity contribution in [3.8, 4) is 0 Å². The lowest BCUT2D eigenvalue weighted by Crippen LogP contribution is -2.55. The SMILES string of the molecule is C[C@@H]1CCCN(S(=O)(=O)NCC2(N(C)C)CCCCCC2)C1. The number of nitrogens with zero attached hydrogens (tertiary/aromatic N) is 2. The predicted octanol–water partition coefficient (Wildman–Crippen LogP) is 2.21. The van der Waals surface area contributed by atoms with Gasteiger partial charge in [0.25, 0.3) is 10.2 Å². The number of piperidine rings is 1. The Morgan fingerprint density at radius 2 is 1.77 bits per heavy atom. The molecule has 6 heteroatoms. The summed E-state index contributed by atoms with van der Waals surface area (Å²) >= 11 is 0. The summed E-state index contributed by atoms with van der Waals surface area (Å²) in [6, 6.07) is 0. The molecule has 1 aliphatic carbocycles. The molecule has 1 N–H and O–H groups in total. The molecule has 2 aliphatic rings. The quantitative estimate of drug-likeness (QED) is 0.786. The van der Waals surface area contributed by atoms with E-state index in [1.54, 1.807) is 4.31 Å². The van der Waals surface area contributed by atoms with E-state index in [1.807, 2.05) is 0 Å². The van der Waals surface area contributed by atoms with Gasteiger partial charge in [-0.15, -0.1) is 0 Å². The van der Waals surface area contributed by atoms with Crippen LogP contribution in [0.3, 0.4) is 0 Å². The molecule has 5 nitrogen and oxygen atoms in total. The van der Waals surface area contributed by atoms with Gasteiger partial charge >= 0.3 is 0 Å². The van der Waals surface area contributed by atoms with Crippen molar-refractivity contribution in [3.05, 3.63) is 0 Å². The standard InChI is InChI=1S/C16H33N3O2S/c1-15-9-8-12-19(13-15)22(20,21)17-14-16(18(2)3)10-6-4-5-7-11-16/h15,17H,4-14H2,1-3H3/t15-/m1/s1. The maximum atomic E-state index is 12.6. The van der Waals surface area contributed by atoms with Crippen molar-refractivity contribution in [1.29, 1.82) is 0 Å². The van der Waals surface area contributed by atoms with Crippen LogP contribution in [0.15, 0.2) is 0 Å². The molecule has 0 aromatic heterocycles. The third kappa shape index (κ3) is 4.43. The minimum absolute atomic E-state index is 0.0228. The molecule has 0 unspecified atom stereocenters. The zero-order valence-corrected chi connectivity index (χ0v) is 15.3. The van der Waals surface area contributed by atoms with E-state index in [2.05, 4.69) is 30.6 Å². The van der Waals surface area contributed by atoms with Gasteiger partial charge in [-0.05, 0) is 45.7 Å². The number of hydrogen-bond donors (Lipinski definition) is 1. The molecule has 130 valence electrons. The molecular weight excluding hydrogens is 298 g/mol. The molecule has 0 bridgehead atoms. The van der Waals surface area contributed by atoms with Crippen LogP contribution < -0.4 is 4.72 Å². The van der Waals surface area contributed by atoms with Gasteiger partial charge in [0, 0.05) is 25.2 Å². The van der Waals surface area contributed by atoms with Gasteiger partial charge in [-0.3, -0.25) is 0 Å². The van der Waals surface area contributed by atoms with Crippen LogP contribution in [0.1, 0.15) is 58.3 Å². The average molecular weight is 332 g/mol. The first-order chi connectivity index (χ1) is 10.4. The van der Waals surface area contributed by atoms with E-state index in [9.17, 15) is 8.42 Å². The van der Waals surface area contributed by atoms with Gasteiger partial charge < -0.3 is 4.90 Å². The largest absolute Gasteiger partial charge is 0.302 e. The van der Waals surface area contributed by atoms with Crippen molar-refractivity contribution in [3.63, 3.8) is 0 Å². The van der Waals surface area contributed by atoms with Crippen LogP contribution in [0.25, 0.3) is 0 Å². The highest BCUT2D eigenvalue weighted by molar-refractivity contribution is 7.87. The van der Waals surface area contributed by atoms with Gasteiger partial charge in [0.1, 0.15) is 0 Å². The van der Waals surface area contributed by atoms with Crippen LogP contribution >= 0.6 is 0 Å². The molecule has 1 saturated heterocycles. The number of nitrogens with one attached hydrogen (secondary N) is 1. The Bertz CT molecular complexity index is 442. The second kappa shape index (κ2) is 7.60. The molecule has 0 spiro atoms. The van der Waals surface area contributed by atoms with Crippen molar-refractivity contribution in [2.24, 2.45) is 5.92 Å². The third-order valence-electron chi connectivity index (χ3n) is 5.53. The van der Waals surface area contributed by atoms with Crippen LogP contribution in [0.4, 0.5) is 0 Å². The second-order valence-electron chi connectivity index (χ2n) is 7.46. The Hall–Kier alpha value is -0.170. The molecule has 1 aliphatic heterocycles. The summed E-state index contributed by atoms with van der Waals surface area (Å²) in [7, 11) is 0.829. The molecule has 1 heterocycles. The van der Waals surface area contributed by atoms with Gasteiger partial charge in [-0.1, -0.05) is 32.6 Å². The molecule has 0 aromatic carbocycles. The minimum atomic E-state index is -3.34. The van der Waals surface area contributed by atoms with Gasteiger partial charge in [0.2, 0.25) is 0 Å². The first-order valence-corrected chi connectivity index (χ1v) is 10.2. The Morgan fingerprint density at radius 1 is 1.14 bits per heavy atom.